The molecule has 0 atom stereocenters. The highest BCUT2D eigenvalue weighted by molar-refractivity contribution is 6.37. The molecule has 0 unspecified atom stereocenters. The Kier molecular flexibility index (Phi) is 4.80. The van der Waals surface area contributed by atoms with Gasteiger partial charge in [0.2, 0.25) is 0 Å². The van der Waals surface area contributed by atoms with Crippen LogP contribution in [0.4, 0.5) is 0 Å². The summed E-state index contributed by atoms with van der Waals surface area (Å²) in [6, 6.07) is 6.91. The molecule has 2 rings (SSSR count). The van der Waals surface area contributed by atoms with Gasteiger partial charge < -0.3 is 9.72 Å². The maximum atomic E-state index is 11.9. The fourth-order valence-electron chi connectivity index (χ4n) is 2.09. The summed E-state index contributed by atoms with van der Waals surface area (Å²) in [5.41, 5.74) is 1.32. The highest BCUT2D eigenvalue weighted by atomic mass is 35.5. The average molecular weight is 337 g/mol. The SMILES string of the molecule is Cc1cc(-c2cc(Cl)c(OC(C)C)c(Cl)c2)c(C#N)c(=O)[nH]1. The fourth-order valence-corrected chi connectivity index (χ4v) is 2.67. The van der Waals surface area contributed by atoms with Crippen molar-refractivity contribution < 1.29 is 4.74 Å². The molecule has 0 aliphatic carbocycles. The van der Waals surface area contributed by atoms with Crippen molar-refractivity contribution in [2.24, 2.45) is 0 Å². The van der Waals surface area contributed by atoms with E-state index in [4.69, 9.17) is 27.9 Å². The number of pyridine rings is 1. The van der Waals surface area contributed by atoms with E-state index < -0.39 is 5.56 Å². The Labute approximate surface area is 138 Å². The van der Waals surface area contributed by atoms with Crippen molar-refractivity contribution in [1.29, 1.82) is 5.26 Å². The molecule has 1 aromatic heterocycles. The first kappa shape index (κ1) is 16.4. The van der Waals surface area contributed by atoms with E-state index in [2.05, 4.69) is 4.98 Å². The highest BCUT2D eigenvalue weighted by Gasteiger charge is 2.16. The molecule has 0 aliphatic rings. The number of ether oxygens (including phenoxy) is 1. The van der Waals surface area contributed by atoms with Crippen molar-refractivity contribution >= 4 is 23.2 Å². The first-order valence-electron chi connectivity index (χ1n) is 6.63. The zero-order valence-electron chi connectivity index (χ0n) is 12.3. The second-order valence-corrected chi connectivity index (χ2v) is 5.93. The van der Waals surface area contributed by atoms with Crippen LogP contribution in [0.3, 0.4) is 0 Å². The van der Waals surface area contributed by atoms with Gasteiger partial charge in [-0.15, -0.1) is 0 Å². The second-order valence-electron chi connectivity index (χ2n) is 5.12. The number of aromatic nitrogens is 1. The molecule has 1 aromatic carbocycles. The van der Waals surface area contributed by atoms with Crippen LogP contribution < -0.4 is 10.3 Å². The lowest BCUT2D eigenvalue weighted by atomic mass is 10.0. The second kappa shape index (κ2) is 6.43. The van der Waals surface area contributed by atoms with Gasteiger partial charge in [-0.05, 0) is 44.5 Å². The monoisotopic (exact) mass is 336 g/mol. The molecule has 1 heterocycles. The van der Waals surface area contributed by atoms with E-state index in [1.807, 2.05) is 19.9 Å². The Morgan fingerprint density at radius 3 is 2.32 bits per heavy atom. The predicted molar refractivity (Wildman–Crippen MR) is 87.7 cm³/mol. The molecule has 2 aromatic rings. The summed E-state index contributed by atoms with van der Waals surface area (Å²) in [6.07, 6.45) is -0.0719. The van der Waals surface area contributed by atoms with Gasteiger partial charge in [-0.2, -0.15) is 5.26 Å². The number of nitrogens with zero attached hydrogens (tertiary/aromatic N) is 1. The molecule has 0 spiro atoms. The van der Waals surface area contributed by atoms with Gasteiger partial charge in [-0.25, -0.2) is 0 Å². The van der Waals surface area contributed by atoms with Crippen LogP contribution in [0.5, 0.6) is 5.75 Å². The molecule has 22 heavy (non-hydrogen) atoms. The molecular weight excluding hydrogens is 323 g/mol. The predicted octanol–water partition coefficient (Wildman–Crippen LogP) is 4.32. The number of benzene rings is 1. The van der Waals surface area contributed by atoms with Gasteiger partial charge in [-0.1, -0.05) is 23.2 Å². The molecule has 0 saturated heterocycles. The third kappa shape index (κ3) is 3.27. The Bertz CT molecular complexity index is 797. The molecule has 0 radical (unpaired) electrons. The van der Waals surface area contributed by atoms with Gasteiger partial charge in [0.25, 0.3) is 5.56 Å². The third-order valence-electron chi connectivity index (χ3n) is 2.94. The smallest absolute Gasteiger partial charge is 0.266 e. The van der Waals surface area contributed by atoms with Crippen LogP contribution in [0.1, 0.15) is 25.1 Å². The number of rotatable bonds is 3. The largest absolute Gasteiger partial charge is 0.488 e. The van der Waals surface area contributed by atoms with Crippen LogP contribution in [0, 0.1) is 18.3 Å². The van der Waals surface area contributed by atoms with Crippen LogP contribution in [-0.4, -0.2) is 11.1 Å². The minimum atomic E-state index is -0.438. The van der Waals surface area contributed by atoms with Gasteiger partial charge in [0.05, 0.1) is 16.1 Å². The molecule has 1 N–H and O–H groups in total. The van der Waals surface area contributed by atoms with E-state index in [-0.39, 0.29) is 11.7 Å². The Morgan fingerprint density at radius 2 is 1.82 bits per heavy atom. The molecule has 0 aliphatic heterocycles. The number of aromatic amines is 1. The first-order valence-corrected chi connectivity index (χ1v) is 7.39. The summed E-state index contributed by atoms with van der Waals surface area (Å²) in [6.45, 7) is 5.48. The summed E-state index contributed by atoms with van der Waals surface area (Å²) >= 11 is 12.5. The van der Waals surface area contributed by atoms with Crippen LogP contribution in [-0.2, 0) is 0 Å². The van der Waals surface area contributed by atoms with Gasteiger partial charge in [-0.3, -0.25) is 4.79 Å². The highest BCUT2D eigenvalue weighted by Crippen LogP contribution is 2.38. The number of hydrogen-bond acceptors (Lipinski definition) is 3. The molecule has 0 saturated carbocycles. The molecule has 0 bridgehead atoms. The molecule has 114 valence electrons. The number of H-pyrrole nitrogens is 1. The van der Waals surface area contributed by atoms with E-state index >= 15 is 0 Å². The summed E-state index contributed by atoms with van der Waals surface area (Å²) in [4.78, 5) is 14.5. The van der Waals surface area contributed by atoms with Crippen molar-refractivity contribution in [3.63, 3.8) is 0 Å². The number of nitrogens with one attached hydrogen (secondary N) is 1. The standard InChI is InChI=1S/C16H14Cl2N2O2/c1-8(2)22-15-13(17)5-10(6-14(15)18)11-4-9(3)20-16(21)12(11)7-19/h4-6,8H,1-3H3,(H,20,21). The van der Waals surface area contributed by atoms with Gasteiger partial charge >= 0.3 is 0 Å². The van der Waals surface area contributed by atoms with Crippen LogP contribution in [0.2, 0.25) is 10.0 Å². The maximum Gasteiger partial charge on any atom is 0.266 e. The van der Waals surface area contributed by atoms with Gasteiger partial charge in [0.1, 0.15) is 11.6 Å². The Balaban J connectivity index is 2.66. The summed E-state index contributed by atoms with van der Waals surface area (Å²) in [7, 11) is 0. The van der Waals surface area contributed by atoms with Gasteiger partial charge in [0.15, 0.2) is 5.75 Å². The minimum absolute atomic E-state index is 0.0234. The van der Waals surface area contributed by atoms with Crippen molar-refractivity contribution in [2.75, 3.05) is 0 Å². The Hall–Kier alpha value is -1.96. The van der Waals surface area contributed by atoms with Crippen LogP contribution in [0.25, 0.3) is 11.1 Å². The number of aryl methyl sites for hydroxylation is 1. The lowest BCUT2D eigenvalue weighted by Crippen LogP contribution is -2.12. The average Bonchev–Trinajstić information content (AvgIpc) is 2.41. The number of halogens is 2. The van der Waals surface area contributed by atoms with Crippen molar-refractivity contribution in [1.82, 2.24) is 4.98 Å². The summed E-state index contributed by atoms with van der Waals surface area (Å²) in [5, 5.41) is 9.87. The fraction of sp³-hybridized carbons (Fsp3) is 0.250. The van der Waals surface area contributed by atoms with Crippen molar-refractivity contribution in [3.8, 4) is 22.9 Å². The van der Waals surface area contributed by atoms with E-state index in [1.54, 1.807) is 25.1 Å². The van der Waals surface area contributed by atoms with E-state index in [0.29, 0.717) is 32.6 Å². The van der Waals surface area contributed by atoms with Crippen LogP contribution in [0.15, 0.2) is 23.0 Å². The first-order chi connectivity index (χ1) is 10.3. The lowest BCUT2D eigenvalue weighted by Gasteiger charge is -2.15. The quantitative estimate of drug-likeness (QED) is 0.907. The van der Waals surface area contributed by atoms with Crippen LogP contribution >= 0.6 is 23.2 Å². The Morgan fingerprint density at radius 1 is 1.23 bits per heavy atom. The molecule has 4 nitrogen and oxygen atoms in total. The van der Waals surface area contributed by atoms with E-state index in [1.165, 1.54) is 0 Å². The zero-order chi connectivity index (χ0) is 16.4. The lowest BCUT2D eigenvalue weighted by molar-refractivity contribution is 0.243. The molecule has 0 amide bonds. The van der Waals surface area contributed by atoms with E-state index in [9.17, 15) is 10.1 Å². The van der Waals surface area contributed by atoms with Gasteiger partial charge in [0, 0.05) is 11.3 Å². The number of hydrogen-bond donors (Lipinski definition) is 1. The normalized spacial score (nSPS) is 10.6. The molecular formula is C16H14Cl2N2O2. The van der Waals surface area contributed by atoms with Crippen molar-refractivity contribution in [2.45, 2.75) is 26.9 Å². The van der Waals surface area contributed by atoms with Crippen molar-refractivity contribution in [3.05, 3.63) is 49.9 Å². The third-order valence-corrected chi connectivity index (χ3v) is 3.50. The summed E-state index contributed by atoms with van der Waals surface area (Å²) in [5.74, 6) is 0.391. The summed E-state index contributed by atoms with van der Waals surface area (Å²) < 4.78 is 5.57. The zero-order valence-corrected chi connectivity index (χ0v) is 13.8. The minimum Gasteiger partial charge on any atom is -0.488 e. The molecule has 0 fully saturated rings. The van der Waals surface area contributed by atoms with E-state index in [0.717, 1.165) is 0 Å². The maximum absolute atomic E-state index is 11.9. The topological polar surface area (TPSA) is 65.9 Å². The molecule has 6 heteroatoms. The number of nitriles is 1.